The summed E-state index contributed by atoms with van der Waals surface area (Å²) in [5.74, 6) is 1.73. The van der Waals surface area contributed by atoms with Crippen molar-refractivity contribution in [2.75, 3.05) is 7.11 Å². The Kier molecular flexibility index (Phi) is 3.85. The van der Waals surface area contributed by atoms with Gasteiger partial charge in [0.05, 0.1) is 12.8 Å². The Bertz CT molecular complexity index is 1010. The van der Waals surface area contributed by atoms with Gasteiger partial charge < -0.3 is 4.74 Å². The highest BCUT2D eigenvalue weighted by Gasteiger charge is 2.10. The van der Waals surface area contributed by atoms with Gasteiger partial charge in [0, 0.05) is 18.2 Å². The van der Waals surface area contributed by atoms with Crippen LogP contribution in [0.3, 0.4) is 0 Å². The molecule has 0 spiro atoms. The molecule has 0 saturated carbocycles. The third-order valence-corrected chi connectivity index (χ3v) is 3.95. The maximum atomic E-state index is 13.2. The Morgan fingerprint density at radius 2 is 1.76 bits per heavy atom. The molecule has 5 nitrogen and oxygen atoms in total. The van der Waals surface area contributed by atoms with Gasteiger partial charge in [-0.2, -0.15) is 9.50 Å². The smallest absolute Gasteiger partial charge is 0.252 e. The van der Waals surface area contributed by atoms with E-state index in [1.165, 1.54) is 12.1 Å². The van der Waals surface area contributed by atoms with Crippen LogP contribution in [0.1, 0.15) is 11.4 Å². The van der Waals surface area contributed by atoms with Gasteiger partial charge in [-0.15, -0.1) is 5.10 Å². The fourth-order valence-electron chi connectivity index (χ4n) is 2.68. The highest BCUT2D eigenvalue weighted by Crippen LogP contribution is 2.20. The van der Waals surface area contributed by atoms with Crippen LogP contribution in [0.5, 0.6) is 5.75 Å². The molecule has 0 aliphatic carbocycles. The van der Waals surface area contributed by atoms with Crippen LogP contribution in [0.4, 0.5) is 4.39 Å². The zero-order valence-electron chi connectivity index (χ0n) is 13.6. The second-order valence-electron chi connectivity index (χ2n) is 5.60. The number of aromatic nitrogens is 4. The lowest BCUT2D eigenvalue weighted by Crippen LogP contribution is -1.97. The van der Waals surface area contributed by atoms with Gasteiger partial charge in [0.25, 0.3) is 5.78 Å². The second-order valence-corrected chi connectivity index (χ2v) is 5.60. The molecule has 0 atom stereocenters. The highest BCUT2D eigenvalue weighted by atomic mass is 19.1. The van der Waals surface area contributed by atoms with Crippen molar-refractivity contribution < 1.29 is 9.13 Å². The van der Waals surface area contributed by atoms with Crippen LogP contribution in [-0.2, 0) is 6.42 Å². The quantitative estimate of drug-likeness (QED) is 0.573. The lowest BCUT2D eigenvalue weighted by molar-refractivity contribution is 0.414. The van der Waals surface area contributed by atoms with Crippen LogP contribution < -0.4 is 4.74 Å². The van der Waals surface area contributed by atoms with E-state index < -0.39 is 0 Å². The molecule has 0 unspecified atom stereocenters. The number of nitrogens with zero attached hydrogens (tertiary/aromatic N) is 4. The van der Waals surface area contributed by atoms with Crippen molar-refractivity contribution >= 4 is 5.78 Å². The number of halogens is 1. The van der Waals surface area contributed by atoms with Gasteiger partial charge in [-0.1, -0.05) is 12.1 Å². The lowest BCUT2D eigenvalue weighted by Gasteiger charge is -2.03. The first-order chi connectivity index (χ1) is 12.2. The number of hydrogen-bond donors (Lipinski definition) is 0. The third kappa shape index (κ3) is 3.06. The summed E-state index contributed by atoms with van der Waals surface area (Å²) < 4.78 is 20.0. The predicted octanol–water partition coefficient (Wildman–Crippen LogP) is 3.53. The molecular formula is C19H15FN4O. The number of fused-ring (bicyclic) bond motifs is 1. The summed E-state index contributed by atoms with van der Waals surface area (Å²) in [5, 5.41) is 4.57. The van der Waals surface area contributed by atoms with E-state index in [-0.39, 0.29) is 5.82 Å². The van der Waals surface area contributed by atoms with E-state index in [1.807, 2.05) is 30.3 Å². The van der Waals surface area contributed by atoms with E-state index in [1.54, 1.807) is 30.0 Å². The number of methoxy groups -OCH3 is 1. The molecular weight excluding hydrogens is 319 g/mol. The average Bonchev–Trinajstić information content (AvgIpc) is 3.05. The molecule has 0 aliphatic heterocycles. The van der Waals surface area contributed by atoms with E-state index in [0.29, 0.717) is 18.0 Å². The van der Waals surface area contributed by atoms with Gasteiger partial charge in [0.15, 0.2) is 5.82 Å². The van der Waals surface area contributed by atoms with Crippen molar-refractivity contribution in [3.63, 3.8) is 0 Å². The molecule has 2 heterocycles. The second kappa shape index (κ2) is 6.32. The topological polar surface area (TPSA) is 52.3 Å². The number of ether oxygens (including phenoxy) is 1. The van der Waals surface area contributed by atoms with E-state index >= 15 is 0 Å². The zero-order chi connectivity index (χ0) is 17.2. The molecule has 0 N–H and O–H groups in total. The van der Waals surface area contributed by atoms with Crippen LogP contribution in [-0.4, -0.2) is 26.7 Å². The fraction of sp³-hybridized carbons (Fsp3) is 0.105. The van der Waals surface area contributed by atoms with Crippen molar-refractivity contribution in [1.29, 1.82) is 0 Å². The Morgan fingerprint density at radius 3 is 2.48 bits per heavy atom. The molecule has 25 heavy (non-hydrogen) atoms. The van der Waals surface area contributed by atoms with E-state index in [9.17, 15) is 4.39 Å². The predicted molar refractivity (Wildman–Crippen MR) is 92.0 cm³/mol. The van der Waals surface area contributed by atoms with Crippen molar-refractivity contribution in [2.45, 2.75) is 6.42 Å². The van der Waals surface area contributed by atoms with Gasteiger partial charge in [-0.25, -0.2) is 9.37 Å². The molecule has 0 saturated heterocycles. The maximum absolute atomic E-state index is 13.2. The summed E-state index contributed by atoms with van der Waals surface area (Å²) in [4.78, 5) is 8.76. The van der Waals surface area contributed by atoms with Crippen LogP contribution in [0.25, 0.3) is 17.0 Å². The first-order valence-electron chi connectivity index (χ1n) is 7.82. The SMILES string of the molecule is COc1ccc(Cc2nc3nccc(-c4ccc(F)cc4)n3n2)cc1. The zero-order valence-corrected chi connectivity index (χ0v) is 13.6. The molecule has 124 valence electrons. The molecule has 4 aromatic rings. The Morgan fingerprint density at radius 1 is 1.00 bits per heavy atom. The largest absolute Gasteiger partial charge is 0.497 e. The summed E-state index contributed by atoms with van der Waals surface area (Å²) in [6.07, 6.45) is 2.27. The molecule has 0 radical (unpaired) electrons. The molecule has 6 heteroatoms. The maximum Gasteiger partial charge on any atom is 0.252 e. The van der Waals surface area contributed by atoms with E-state index in [4.69, 9.17) is 4.74 Å². The number of hydrogen-bond acceptors (Lipinski definition) is 4. The summed E-state index contributed by atoms with van der Waals surface area (Å²) in [6.45, 7) is 0. The van der Waals surface area contributed by atoms with Gasteiger partial charge in [0.2, 0.25) is 0 Å². The molecule has 0 fully saturated rings. The molecule has 0 aliphatic rings. The first kappa shape index (κ1) is 15.3. The minimum absolute atomic E-state index is 0.271. The third-order valence-electron chi connectivity index (χ3n) is 3.95. The van der Waals surface area contributed by atoms with Crippen molar-refractivity contribution in [3.05, 3.63) is 78.0 Å². The Labute approximate surface area is 143 Å². The molecule has 4 rings (SSSR count). The van der Waals surface area contributed by atoms with E-state index in [2.05, 4.69) is 15.1 Å². The highest BCUT2D eigenvalue weighted by molar-refractivity contribution is 5.61. The molecule has 2 aromatic carbocycles. The number of benzene rings is 2. The van der Waals surface area contributed by atoms with Crippen LogP contribution in [0.2, 0.25) is 0 Å². The number of rotatable bonds is 4. The van der Waals surface area contributed by atoms with Crippen molar-refractivity contribution in [2.24, 2.45) is 0 Å². The summed E-state index contributed by atoms with van der Waals surface area (Å²) in [7, 11) is 1.64. The Hall–Kier alpha value is -3.28. The standard InChI is InChI=1S/C19H15FN4O/c1-25-16-8-2-13(3-9-16)12-18-22-19-21-11-10-17(24(19)23-18)14-4-6-15(20)7-5-14/h2-11H,12H2,1H3. The van der Waals surface area contributed by atoms with Crippen LogP contribution >= 0.6 is 0 Å². The van der Waals surface area contributed by atoms with E-state index in [0.717, 1.165) is 22.6 Å². The lowest BCUT2D eigenvalue weighted by atomic mass is 10.1. The van der Waals surface area contributed by atoms with Gasteiger partial charge >= 0.3 is 0 Å². The fourth-order valence-corrected chi connectivity index (χ4v) is 2.68. The molecule has 0 amide bonds. The summed E-state index contributed by atoms with van der Waals surface area (Å²) >= 11 is 0. The van der Waals surface area contributed by atoms with Crippen LogP contribution in [0, 0.1) is 5.82 Å². The van der Waals surface area contributed by atoms with Crippen molar-refractivity contribution in [1.82, 2.24) is 19.6 Å². The van der Waals surface area contributed by atoms with Gasteiger partial charge in [0.1, 0.15) is 11.6 Å². The van der Waals surface area contributed by atoms with Gasteiger partial charge in [-0.05, 0) is 48.0 Å². The molecule has 0 bridgehead atoms. The minimum atomic E-state index is -0.271. The van der Waals surface area contributed by atoms with Gasteiger partial charge in [-0.3, -0.25) is 0 Å². The molecule has 2 aromatic heterocycles. The monoisotopic (exact) mass is 334 g/mol. The summed E-state index contributed by atoms with van der Waals surface area (Å²) in [6, 6.07) is 15.9. The normalized spacial score (nSPS) is 11.0. The van der Waals surface area contributed by atoms with Crippen molar-refractivity contribution in [3.8, 4) is 17.0 Å². The van der Waals surface area contributed by atoms with Crippen LogP contribution in [0.15, 0.2) is 60.8 Å². The first-order valence-corrected chi connectivity index (χ1v) is 7.82. The minimum Gasteiger partial charge on any atom is -0.497 e. The Balaban J connectivity index is 1.70. The summed E-state index contributed by atoms with van der Waals surface area (Å²) in [5.41, 5.74) is 2.76. The average molecular weight is 334 g/mol.